The van der Waals surface area contributed by atoms with Gasteiger partial charge in [-0.1, -0.05) is 0 Å². The molecule has 0 aromatic heterocycles. The summed E-state index contributed by atoms with van der Waals surface area (Å²) in [6.07, 6.45) is 3.53. The first-order valence-corrected chi connectivity index (χ1v) is 3.77. The fourth-order valence-electron chi connectivity index (χ4n) is 0.901. The minimum atomic E-state index is -0.00617. The zero-order valence-corrected chi connectivity index (χ0v) is 6.38. The Kier molecular flexibility index (Phi) is 2.27. The summed E-state index contributed by atoms with van der Waals surface area (Å²) in [5.74, 6) is 1.19. The molecule has 0 saturated heterocycles. The zero-order valence-electron chi connectivity index (χ0n) is 5.49. The van der Waals surface area contributed by atoms with E-state index in [0.29, 0.717) is 23.7 Å². The fourth-order valence-corrected chi connectivity index (χ4v) is 1.22. The van der Waals surface area contributed by atoms with Crippen LogP contribution in [0.15, 0.2) is 23.7 Å². The van der Waals surface area contributed by atoms with E-state index in [-0.39, 0.29) is 5.92 Å². The molecule has 1 atom stereocenters. The van der Waals surface area contributed by atoms with Crippen LogP contribution in [-0.4, -0.2) is 16.0 Å². The fraction of sp³-hybridized carbons (Fsp3) is 0.429. The van der Waals surface area contributed by atoms with Crippen molar-refractivity contribution in [2.24, 2.45) is 5.92 Å². The lowest BCUT2D eigenvalue weighted by atomic mass is 9.99. The molecule has 2 nitrogen and oxygen atoms in total. The maximum Gasteiger partial charge on any atom is 0.0967 e. The summed E-state index contributed by atoms with van der Waals surface area (Å²) in [5.41, 5.74) is 0. The van der Waals surface area contributed by atoms with Crippen molar-refractivity contribution in [1.29, 1.82) is 0 Å². The van der Waals surface area contributed by atoms with E-state index in [4.69, 9.17) is 10.2 Å². The number of thiol groups is 1. The second-order valence-corrected chi connectivity index (χ2v) is 2.70. The molecule has 0 radical (unpaired) electrons. The molecule has 0 aromatic carbocycles. The molecule has 0 fully saturated rings. The van der Waals surface area contributed by atoms with Gasteiger partial charge in [0.15, 0.2) is 0 Å². The average molecular weight is 158 g/mol. The number of hydrogen-bond acceptors (Lipinski definition) is 3. The molecular weight excluding hydrogens is 148 g/mol. The molecule has 0 heterocycles. The predicted molar refractivity (Wildman–Crippen MR) is 43.4 cm³/mol. The Morgan fingerprint density at radius 3 is 2.70 bits per heavy atom. The summed E-state index contributed by atoms with van der Waals surface area (Å²) in [4.78, 5) is 0. The van der Waals surface area contributed by atoms with Crippen molar-refractivity contribution in [3.63, 3.8) is 0 Å². The van der Waals surface area contributed by atoms with E-state index in [0.717, 1.165) is 0 Å². The highest BCUT2D eigenvalue weighted by atomic mass is 32.1. The van der Waals surface area contributed by atoms with Gasteiger partial charge in [0.2, 0.25) is 0 Å². The van der Waals surface area contributed by atoms with Gasteiger partial charge in [0, 0.05) is 18.1 Å². The van der Waals surface area contributed by atoms with E-state index in [1.54, 1.807) is 0 Å². The number of allylic oxidation sites excluding steroid dienone is 4. The van der Waals surface area contributed by atoms with Gasteiger partial charge in [-0.05, 0) is 12.2 Å². The first-order chi connectivity index (χ1) is 4.74. The smallest absolute Gasteiger partial charge is 0.0967 e. The van der Waals surface area contributed by atoms with Crippen LogP contribution < -0.4 is 0 Å². The zero-order chi connectivity index (χ0) is 7.56. The molecule has 0 aromatic rings. The molecule has 1 unspecified atom stereocenters. The van der Waals surface area contributed by atoms with E-state index >= 15 is 0 Å². The molecule has 1 aliphatic carbocycles. The quantitative estimate of drug-likeness (QED) is 0.509. The first-order valence-electron chi connectivity index (χ1n) is 3.13. The minimum absolute atomic E-state index is 0.00617. The van der Waals surface area contributed by atoms with Crippen molar-refractivity contribution >= 4 is 12.6 Å². The molecular formula is C7H10O2S. The molecule has 0 saturated carbocycles. The van der Waals surface area contributed by atoms with Crippen LogP contribution in [0.5, 0.6) is 0 Å². The molecule has 2 N–H and O–H groups in total. The molecule has 1 aliphatic rings. The SMILES string of the molecule is OC1=CC=C(O)C(CS)C1. The van der Waals surface area contributed by atoms with Crippen LogP contribution in [0.2, 0.25) is 0 Å². The van der Waals surface area contributed by atoms with Crippen LogP contribution in [-0.2, 0) is 0 Å². The van der Waals surface area contributed by atoms with Gasteiger partial charge in [0.1, 0.15) is 0 Å². The van der Waals surface area contributed by atoms with Crippen molar-refractivity contribution < 1.29 is 10.2 Å². The molecule has 56 valence electrons. The normalized spacial score (nSPS) is 25.5. The van der Waals surface area contributed by atoms with E-state index in [1.165, 1.54) is 12.2 Å². The maximum atomic E-state index is 9.14. The number of aliphatic hydroxyl groups excluding tert-OH is 2. The second-order valence-electron chi connectivity index (χ2n) is 2.33. The Balaban J connectivity index is 2.68. The Hall–Kier alpha value is -0.570. The van der Waals surface area contributed by atoms with Crippen LogP contribution in [0.3, 0.4) is 0 Å². The van der Waals surface area contributed by atoms with Crippen LogP contribution in [0.4, 0.5) is 0 Å². The van der Waals surface area contributed by atoms with Gasteiger partial charge < -0.3 is 10.2 Å². The van der Waals surface area contributed by atoms with Gasteiger partial charge >= 0.3 is 0 Å². The molecule has 10 heavy (non-hydrogen) atoms. The molecule has 0 aliphatic heterocycles. The Morgan fingerprint density at radius 2 is 2.20 bits per heavy atom. The lowest BCUT2D eigenvalue weighted by molar-refractivity contribution is 0.299. The minimum Gasteiger partial charge on any atom is -0.512 e. The van der Waals surface area contributed by atoms with E-state index < -0.39 is 0 Å². The van der Waals surface area contributed by atoms with Gasteiger partial charge in [0.05, 0.1) is 11.5 Å². The van der Waals surface area contributed by atoms with Gasteiger partial charge in [-0.15, -0.1) is 0 Å². The van der Waals surface area contributed by atoms with Crippen molar-refractivity contribution in [3.8, 4) is 0 Å². The highest BCUT2D eigenvalue weighted by molar-refractivity contribution is 7.80. The van der Waals surface area contributed by atoms with Gasteiger partial charge in [-0.2, -0.15) is 12.6 Å². The lowest BCUT2D eigenvalue weighted by Gasteiger charge is -2.15. The Morgan fingerprint density at radius 1 is 1.50 bits per heavy atom. The molecule has 0 spiro atoms. The Bertz CT molecular complexity index is 184. The van der Waals surface area contributed by atoms with E-state index in [1.807, 2.05) is 0 Å². The summed E-state index contributed by atoms with van der Waals surface area (Å²) in [6.45, 7) is 0. The molecule has 0 bridgehead atoms. The van der Waals surface area contributed by atoms with Gasteiger partial charge in [-0.3, -0.25) is 0 Å². The summed E-state index contributed by atoms with van der Waals surface area (Å²) in [5, 5.41) is 18.1. The third-order valence-electron chi connectivity index (χ3n) is 1.54. The topological polar surface area (TPSA) is 40.5 Å². The highest BCUT2D eigenvalue weighted by Gasteiger charge is 2.16. The predicted octanol–water partition coefficient (Wildman–Crippen LogP) is 1.82. The maximum absolute atomic E-state index is 9.14. The highest BCUT2D eigenvalue weighted by Crippen LogP contribution is 2.22. The lowest BCUT2D eigenvalue weighted by Crippen LogP contribution is -2.10. The van der Waals surface area contributed by atoms with Crippen LogP contribution in [0.1, 0.15) is 6.42 Å². The third kappa shape index (κ3) is 1.48. The number of aliphatic hydroxyl groups is 2. The second kappa shape index (κ2) is 3.01. The first kappa shape index (κ1) is 7.54. The summed E-state index contributed by atoms with van der Waals surface area (Å²) in [7, 11) is 0. The third-order valence-corrected chi connectivity index (χ3v) is 1.98. The summed E-state index contributed by atoms with van der Waals surface area (Å²) >= 11 is 4.02. The average Bonchev–Trinajstić information content (AvgIpc) is 1.94. The van der Waals surface area contributed by atoms with E-state index in [9.17, 15) is 0 Å². The van der Waals surface area contributed by atoms with Crippen molar-refractivity contribution in [2.45, 2.75) is 6.42 Å². The van der Waals surface area contributed by atoms with Gasteiger partial charge in [-0.25, -0.2) is 0 Å². The van der Waals surface area contributed by atoms with Crippen LogP contribution in [0.25, 0.3) is 0 Å². The monoisotopic (exact) mass is 158 g/mol. The summed E-state index contributed by atoms with van der Waals surface area (Å²) in [6, 6.07) is 0. The van der Waals surface area contributed by atoms with Crippen molar-refractivity contribution in [3.05, 3.63) is 23.7 Å². The van der Waals surface area contributed by atoms with Gasteiger partial charge in [0.25, 0.3) is 0 Å². The number of rotatable bonds is 1. The number of hydrogen-bond donors (Lipinski definition) is 3. The van der Waals surface area contributed by atoms with Crippen molar-refractivity contribution in [2.75, 3.05) is 5.75 Å². The molecule has 0 amide bonds. The van der Waals surface area contributed by atoms with Crippen LogP contribution in [0, 0.1) is 5.92 Å². The molecule has 3 heteroatoms. The van der Waals surface area contributed by atoms with Crippen molar-refractivity contribution in [1.82, 2.24) is 0 Å². The largest absolute Gasteiger partial charge is 0.512 e. The summed E-state index contributed by atoms with van der Waals surface area (Å²) < 4.78 is 0. The molecule has 1 rings (SSSR count). The van der Waals surface area contributed by atoms with E-state index in [2.05, 4.69) is 12.6 Å². The van der Waals surface area contributed by atoms with Crippen LogP contribution >= 0.6 is 12.6 Å². The Labute approximate surface area is 65.3 Å². The standard InChI is InChI=1S/C7H10O2S/c8-6-1-2-7(9)5(3-6)4-10/h1-2,5,8-10H,3-4H2.